The Morgan fingerprint density at radius 1 is 1.35 bits per heavy atom. The summed E-state index contributed by atoms with van der Waals surface area (Å²) in [6.07, 6.45) is 2.90. The fourth-order valence-corrected chi connectivity index (χ4v) is 4.88. The van der Waals surface area contributed by atoms with Crippen LogP contribution in [-0.2, 0) is 10.0 Å². The average molecular weight is 361 g/mol. The zero-order valence-electron chi connectivity index (χ0n) is 11.9. The molecule has 1 heterocycles. The van der Waals surface area contributed by atoms with Crippen molar-refractivity contribution >= 4 is 31.6 Å². The molecule has 0 bridgehead atoms. The molecule has 0 radical (unpaired) electrons. The molecule has 0 atom stereocenters. The Bertz CT molecular complexity index is 593. The molecule has 4 nitrogen and oxygen atoms in total. The van der Waals surface area contributed by atoms with E-state index in [4.69, 9.17) is 5.73 Å². The Morgan fingerprint density at radius 2 is 1.95 bits per heavy atom. The van der Waals surface area contributed by atoms with Crippen molar-refractivity contribution in [3.8, 4) is 0 Å². The number of hydrogen-bond acceptors (Lipinski definition) is 3. The third kappa shape index (κ3) is 3.02. The predicted octanol–water partition coefficient (Wildman–Crippen LogP) is 3.23. The second-order valence-corrected chi connectivity index (χ2v) is 8.52. The maximum absolute atomic E-state index is 12.7. The normalized spacial score (nSPS) is 19.9. The maximum Gasteiger partial charge on any atom is 0.244 e. The lowest BCUT2D eigenvalue weighted by Crippen LogP contribution is -2.41. The zero-order chi connectivity index (χ0) is 15.0. The van der Waals surface area contributed by atoms with Crippen LogP contribution in [0.5, 0.6) is 0 Å². The van der Waals surface area contributed by atoms with Gasteiger partial charge < -0.3 is 5.73 Å². The summed E-state index contributed by atoms with van der Waals surface area (Å²) in [4.78, 5) is 0.262. The summed E-state index contributed by atoms with van der Waals surface area (Å²) < 4.78 is 27.5. The summed E-state index contributed by atoms with van der Waals surface area (Å²) >= 11 is 3.31. The van der Waals surface area contributed by atoms with Crippen LogP contribution in [0.25, 0.3) is 0 Å². The number of anilines is 1. The van der Waals surface area contributed by atoms with E-state index in [1.54, 1.807) is 16.4 Å². The van der Waals surface area contributed by atoms with E-state index in [1.165, 1.54) is 6.07 Å². The first-order valence-electron chi connectivity index (χ1n) is 6.84. The van der Waals surface area contributed by atoms with Crippen molar-refractivity contribution in [2.75, 3.05) is 18.8 Å². The fraction of sp³-hybridized carbons (Fsp3) is 0.571. The molecule has 0 amide bonds. The zero-order valence-corrected chi connectivity index (χ0v) is 14.3. The topological polar surface area (TPSA) is 63.4 Å². The van der Waals surface area contributed by atoms with Crippen LogP contribution in [0, 0.1) is 5.41 Å². The smallest absolute Gasteiger partial charge is 0.244 e. The van der Waals surface area contributed by atoms with Crippen molar-refractivity contribution in [2.24, 2.45) is 5.41 Å². The molecule has 1 aromatic carbocycles. The van der Waals surface area contributed by atoms with E-state index >= 15 is 0 Å². The number of nitrogen functional groups attached to an aromatic ring is 1. The number of rotatable bonds is 3. The van der Waals surface area contributed by atoms with Crippen LogP contribution in [0.15, 0.2) is 27.6 Å². The molecule has 0 aromatic heterocycles. The van der Waals surface area contributed by atoms with Gasteiger partial charge >= 0.3 is 0 Å². The first-order chi connectivity index (χ1) is 9.28. The minimum absolute atomic E-state index is 0.262. The second-order valence-electron chi connectivity index (χ2n) is 5.76. The van der Waals surface area contributed by atoms with Gasteiger partial charge in [-0.1, -0.05) is 20.3 Å². The van der Waals surface area contributed by atoms with Gasteiger partial charge in [-0.15, -0.1) is 0 Å². The molecule has 2 N–H and O–H groups in total. The van der Waals surface area contributed by atoms with Crippen LogP contribution in [0.3, 0.4) is 0 Å². The number of halogens is 1. The molecule has 1 aliphatic rings. The maximum atomic E-state index is 12.7. The second kappa shape index (κ2) is 5.66. The van der Waals surface area contributed by atoms with Crippen LogP contribution in [0.1, 0.15) is 33.1 Å². The van der Waals surface area contributed by atoms with Gasteiger partial charge in [0.25, 0.3) is 0 Å². The Labute approximate surface area is 129 Å². The average Bonchev–Trinajstić information content (AvgIpc) is 2.42. The molecule has 6 heteroatoms. The molecule has 1 saturated heterocycles. The molecule has 20 heavy (non-hydrogen) atoms. The highest BCUT2D eigenvalue weighted by Gasteiger charge is 2.35. The standard InChI is InChI=1S/C14H21BrN2O2S/c1-3-14(2)6-8-17(9-7-14)20(18,19)13-10-11(16)4-5-12(13)15/h4-5,10H,3,6-9,16H2,1-2H3. The SMILES string of the molecule is CCC1(C)CCN(S(=O)(=O)c2cc(N)ccc2Br)CC1. The molecule has 112 valence electrons. The molecule has 0 aliphatic carbocycles. The van der Waals surface area contributed by atoms with E-state index in [2.05, 4.69) is 29.8 Å². The lowest BCUT2D eigenvalue weighted by Gasteiger charge is -2.38. The van der Waals surface area contributed by atoms with Gasteiger partial charge in [0.2, 0.25) is 10.0 Å². The van der Waals surface area contributed by atoms with Crippen molar-refractivity contribution in [2.45, 2.75) is 38.0 Å². The molecular formula is C14H21BrN2O2S. The molecule has 1 fully saturated rings. The van der Waals surface area contributed by atoms with Gasteiger partial charge in [0.1, 0.15) is 0 Å². The lowest BCUT2D eigenvalue weighted by atomic mass is 9.79. The molecule has 1 aliphatic heterocycles. The summed E-state index contributed by atoms with van der Waals surface area (Å²) in [6.45, 7) is 5.55. The summed E-state index contributed by atoms with van der Waals surface area (Å²) in [7, 11) is -3.47. The van der Waals surface area contributed by atoms with Gasteiger partial charge in [0.15, 0.2) is 0 Å². The molecule has 2 rings (SSSR count). The number of sulfonamides is 1. The summed E-state index contributed by atoms with van der Waals surface area (Å²) in [6, 6.07) is 4.89. The number of hydrogen-bond donors (Lipinski definition) is 1. The monoisotopic (exact) mass is 360 g/mol. The highest BCUT2D eigenvalue weighted by atomic mass is 79.9. The van der Waals surface area contributed by atoms with Crippen molar-refractivity contribution < 1.29 is 8.42 Å². The van der Waals surface area contributed by atoms with Gasteiger partial charge in [-0.05, 0) is 52.4 Å². The van der Waals surface area contributed by atoms with Gasteiger partial charge in [0.05, 0.1) is 4.90 Å². The van der Waals surface area contributed by atoms with Crippen molar-refractivity contribution in [1.82, 2.24) is 4.31 Å². The molecule has 1 aromatic rings. The van der Waals surface area contributed by atoms with Crippen LogP contribution in [0.2, 0.25) is 0 Å². The lowest BCUT2D eigenvalue weighted by molar-refractivity contribution is 0.169. The van der Waals surface area contributed by atoms with Gasteiger partial charge in [-0.2, -0.15) is 4.31 Å². The molecule has 0 saturated carbocycles. The third-order valence-corrected chi connectivity index (χ3v) is 7.25. The first kappa shape index (κ1) is 15.8. The Morgan fingerprint density at radius 3 is 2.50 bits per heavy atom. The summed E-state index contributed by atoms with van der Waals surface area (Å²) in [5.41, 5.74) is 6.44. The fourth-order valence-electron chi connectivity index (χ4n) is 2.48. The van der Waals surface area contributed by atoms with Crippen LogP contribution < -0.4 is 5.73 Å². The van der Waals surface area contributed by atoms with E-state index < -0.39 is 10.0 Å². The van der Waals surface area contributed by atoms with Crippen molar-refractivity contribution in [3.05, 3.63) is 22.7 Å². The van der Waals surface area contributed by atoms with Crippen molar-refractivity contribution in [3.63, 3.8) is 0 Å². The first-order valence-corrected chi connectivity index (χ1v) is 9.07. The number of piperidine rings is 1. The Balaban J connectivity index is 2.26. The van der Waals surface area contributed by atoms with Crippen LogP contribution >= 0.6 is 15.9 Å². The van der Waals surface area contributed by atoms with Crippen LogP contribution in [0.4, 0.5) is 5.69 Å². The number of nitrogens with zero attached hydrogens (tertiary/aromatic N) is 1. The Kier molecular flexibility index (Phi) is 4.47. The summed E-state index contributed by atoms with van der Waals surface area (Å²) in [5, 5.41) is 0. The van der Waals surface area contributed by atoms with E-state index in [0.717, 1.165) is 19.3 Å². The van der Waals surface area contributed by atoms with E-state index in [9.17, 15) is 8.42 Å². The number of benzene rings is 1. The van der Waals surface area contributed by atoms with E-state index in [-0.39, 0.29) is 10.3 Å². The van der Waals surface area contributed by atoms with Crippen LogP contribution in [-0.4, -0.2) is 25.8 Å². The minimum atomic E-state index is -3.47. The Hall–Kier alpha value is -0.590. The largest absolute Gasteiger partial charge is 0.399 e. The highest BCUT2D eigenvalue weighted by Crippen LogP contribution is 2.37. The molecule has 0 spiro atoms. The third-order valence-electron chi connectivity index (χ3n) is 4.36. The van der Waals surface area contributed by atoms with Gasteiger partial charge in [-0.25, -0.2) is 8.42 Å². The van der Waals surface area contributed by atoms with E-state index in [1.807, 2.05) is 0 Å². The summed E-state index contributed by atoms with van der Waals surface area (Å²) in [5.74, 6) is 0. The molecular weight excluding hydrogens is 340 g/mol. The quantitative estimate of drug-likeness (QED) is 0.841. The van der Waals surface area contributed by atoms with Gasteiger partial charge in [0, 0.05) is 23.2 Å². The van der Waals surface area contributed by atoms with Gasteiger partial charge in [-0.3, -0.25) is 0 Å². The molecule has 0 unspecified atom stereocenters. The van der Waals surface area contributed by atoms with E-state index in [0.29, 0.717) is 23.2 Å². The minimum Gasteiger partial charge on any atom is -0.399 e. The number of nitrogens with two attached hydrogens (primary N) is 1. The highest BCUT2D eigenvalue weighted by molar-refractivity contribution is 9.10. The van der Waals surface area contributed by atoms with Crippen molar-refractivity contribution in [1.29, 1.82) is 0 Å². The predicted molar refractivity (Wildman–Crippen MR) is 84.9 cm³/mol.